The van der Waals surface area contributed by atoms with Gasteiger partial charge >= 0.3 is 0 Å². The Morgan fingerprint density at radius 1 is 0.912 bits per heavy atom. The third-order valence-electron chi connectivity index (χ3n) is 5.21. The lowest BCUT2D eigenvalue weighted by molar-refractivity contribution is -0.123. The van der Waals surface area contributed by atoms with Crippen molar-refractivity contribution >= 4 is 44.9 Å². The van der Waals surface area contributed by atoms with E-state index >= 15 is 0 Å². The molecule has 5 nitrogen and oxygen atoms in total. The van der Waals surface area contributed by atoms with Crippen LogP contribution in [0.15, 0.2) is 76.1 Å². The van der Waals surface area contributed by atoms with Gasteiger partial charge < -0.3 is 9.47 Å². The normalized spacial score (nSPS) is 14.7. The van der Waals surface area contributed by atoms with Crippen molar-refractivity contribution in [1.29, 1.82) is 0 Å². The van der Waals surface area contributed by atoms with E-state index in [1.807, 2.05) is 80.6 Å². The number of benzene rings is 3. The third kappa shape index (κ3) is 5.90. The van der Waals surface area contributed by atoms with Gasteiger partial charge in [0.2, 0.25) is 0 Å². The number of imide groups is 1. The lowest BCUT2D eigenvalue weighted by Gasteiger charge is -2.13. The quantitative estimate of drug-likeness (QED) is 0.290. The Balaban J connectivity index is 1.49. The number of amides is 2. The van der Waals surface area contributed by atoms with Crippen LogP contribution >= 0.6 is 27.7 Å². The van der Waals surface area contributed by atoms with Crippen LogP contribution in [0.2, 0.25) is 0 Å². The van der Waals surface area contributed by atoms with Crippen molar-refractivity contribution in [2.45, 2.75) is 27.0 Å². The van der Waals surface area contributed by atoms with Gasteiger partial charge in [-0.2, -0.15) is 0 Å². The van der Waals surface area contributed by atoms with Gasteiger partial charge in [0.15, 0.2) is 11.5 Å². The first kappa shape index (κ1) is 24.1. The molecule has 4 rings (SSSR count). The van der Waals surface area contributed by atoms with Crippen molar-refractivity contribution in [3.05, 3.63) is 98.4 Å². The second-order valence-electron chi connectivity index (χ2n) is 7.81. The van der Waals surface area contributed by atoms with Crippen LogP contribution in [0.4, 0.5) is 4.79 Å². The molecular weight excluding hydrogens is 514 g/mol. The molecule has 3 aromatic rings. The van der Waals surface area contributed by atoms with Crippen molar-refractivity contribution in [2.75, 3.05) is 6.61 Å². The summed E-state index contributed by atoms with van der Waals surface area (Å²) in [6, 6.07) is 21.2. The topological polar surface area (TPSA) is 55.8 Å². The molecule has 1 fully saturated rings. The molecule has 174 valence electrons. The van der Waals surface area contributed by atoms with Crippen LogP contribution in [0.5, 0.6) is 11.5 Å². The number of thioether (sulfide) groups is 1. The maximum atomic E-state index is 12.9. The fraction of sp³-hybridized carbons (Fsp3) is 0.185. The lowest BCUT2D eigenvalue weighted by atomic mass is 10.1. The zero-order valence-electron chi connectivity index (χ0n) is 18.9. The van der Waals surface area contributed by atoms with Crippen LogP contribution in [-0.4, -0.2) is 22.7 Å². The molecule has 0 unspecified atom stereocenters. The van der Waals surface area contributed by atoms with Crippen LogP contribution in [-0.2, 0) is 17.9 Å². The molecule has 0 saturated carbocycles. The highest BCUT2D eigenvalue weighted by molar-refractivity contribution is 9.10. The SMILES string of the molecule is CCOc1cc(/C=C2\SC(=O)N(Cc3ccc(C)cc3)C2=O)ccc1OCc1ccc(Br)cc1. The van der Waals surface area contributed by atoms with Crippen molar-refractivity contribution in [1.82, 2.24) is 4.90 Å². The van der Waals surface area contributed by atoms with Gasteiger partial charge in [0.1, 0.15) is 6.61 Å². The van der Waals surface area contributed by atoms with E-state index in [2.05, 4.69) is 15.9 Å². The molecule has 0 spiro atoms. The smallest absolute Gasteiger partial charge is 0.293 e. The Morgan fingerprint density at radius 2 is 1.62 bits per heavy atom. The molecule has 1 aliphatic heterocycles. The molecule has 0 atom stereocenters. The standard InChI is InChI=1S/C27H24BrNO4S/c1-3-32-24-14-21(10-13-23(24)33-17-20-8-11-22(28)12-9-20)15-25-26(30)29(27(31)34-25)16-19-6-4-18(2)5-7-19/h4-15H,3,16-17H2,1-2H3/b25-15-. The minimum atomic E-state index is -0.288. The molecule has 0 bridgehead atoms. The largest absolute Gasteiger partial charge is 0.490 e. The van der Waals surface area contributed by atoms with Gasteiger partial charge in [-0.15, -0.1) is 0 Å². The van der Waals surface area contributed by atoms with Gasteiger partial charge in [-0.25, -0.2) is 0 Å². The lowest BCUT2D eigenvalue weighted by Crippen LogP contribution is -2.27. The number of carbonyl (C=O) groups is 2. The summed E-state index contributed by atoms with van der Waals surface area (Å²) in [5, 5.41) is -0.267. The second-order valence-corrected chi connectivity index (χ2v) is 9.72. The Hall–Kier alpha value is -3.03. The van der Waals surface area contributed by atoms with Crippen LogP contribution < -0.4 is 9.47 Å². The van der Waals surface area contributed by atoms with E-state index in [1.165, 1.54) is 4.90 Å². The molecule has 34 heavy (non-hydrogen) atoms. The van der Waals surface area contributed by atoms with Crippen LogP contribution in [0.25, 0.3) is 6.08 Å². The first-order valence-electron chi connectivity index (χ1n) is 10.9. The zero-order valence-corrected chi connectivity index (χ0v) is 21.3. The molecule has 0 radical (unpaired) electrons. The van der Waals surface area contributed by atoms with Crippen LogP contribution in [0.1, 0.15) is 29.2 Å². The molecular formula is C27H24BrNO4S. The first-order valence-corrected chi connectivity index (χ1v) is 12.5. The molecule has 3 aromatic carbocycles. The van der Waals surface area contributed by atoms with Crippen molar-refractivity contribution in [3.63, 3.8) is 0 Å². The van der Waals surface area contributed by atoms with Crippen LogP contribution in [0.3, 0.4) is 0 Å². The van der Waals surface area contributed by atoms with E-state index in [-0.39, 0.29) is 17.7 Å². The van der Waals surface area contributed by atoms with Crippen LogP contribution in [0, 0.1) is 6.92 Å². The van der Waals surface area contributed by atoms with Crippen molar-refractivity contribution < 1.29 is 19.1 Å². The monoisotopic (exact) mass is 537 g/mol. The molecule has 1 heterocycles. The number of nitrogens with zero attached hydrogens (tertiary/aromatic N) is 1. The summed E-state index contributed by atoms with van der Waals surface area (Å²) in [7, 11) is 0. The Morgan fingerprint density at radius 3 is 2.32 bits per heavy atom. The average molecular weight is 538 g/mol. The fourth-order valence-corrected chi connectivity index (χ4v) is 4.51. The predicted molar refractivity (Wildman–Crippen MR) is 139 cm³/mol. The maximum absolute atomic E-state index is 12.9. The summed E-state index contributed by atoms with van der Waals surface area (Å²) in [6.07, 6.45) is 1.72. The number of rotatable bonds is 8. The fourth-order valence-electron chi connectivity index (χ4n) is 3.41. The highest BCUT2D eigenvalue weighted by Gasteiger charge is 2.35. The maximum Gasteiger partial charge on any atom is 0.293 e. The molecule has 0 aromatic heterocycles. The summed E-state index contributed by atoms with van der Waals surface area (Å²) < 4.78 is 12.8. The Labute approximate surface area is 211 Å². The number of aryl methyl sites for hydroxylation is 1. The van der Waals surface area contributed by atoms with E-state index in [4.69, 9.17) is 9.47 Å². The summed E-state index contributed by atoms with van der Waals surface area (Å²) >= 11 is 4.39. The summed E-state index contributed by atoms with van der Waals surface area (Å²) in [4.78, 5) is 27.1. The molecule has 0 N–H and O–H groups in total. The Kier molecular flexibility index (Phi) is 7.75. The molecule has 1 aliphatic rings. The minimum absolute atomic E-state index is 0.259. The molecule has 7 heteroatoms. The van der Waals surface area contributed by atoms with E-state index in [0.717, 1.165) is 38.5 Å². The van der Waals surface area contributed by atoms with E-state index < -0.39 is 0 Å². The summed E-state index contributed by atoms with van der Waals surface area (Å²) in [6.45, 7) is 5.05. The van der Waals surface area contributed by atoms with E-state index in [9.17, 15) is 9.59 Å². The molecule has 0 aliphatic carbocycles. The highest BCUT2D eigenvalue weighted by Crippen LogP contribution is 2.35. The van der Waals surface area contributed by atoms with E-state index in [0.29, 0.717) is 29.6 Å². The number of ether oxygens (including phenoxy) is 2. The van der Waals surface area contributed by atoms with Gasteiger partial charge in [-0.05, 0) is 72.6 Å². The van der Waals surface area contributed by atoms with Gasteiger partial charge in [0.05, 0.1) is 18.1 Å². The summed E-state index contributed by atoms with van der Waals surface area (Å²) in [5.74, 6) is 0.922. The van der Waals surface area contributed by atoms with Gasteiger partial charge in [-0.1, -0.05) is 64.0 Å². The highest BCUT2D eigenvalue weighted by atomic mass is 79.9. The Bertz CT molecular complexity index is 1220. The minimum Gasteiger partial charge on any atom is -0.490 e. The number of carbonyl (C=O) groups excluding carboxylic acids is 2. The molecule has 2 amide bonds. The average Bonchev–Trinajstić information content (AvgIpc) is 3.08. The predicted octanol–water partition coefficient (Wildman–Crippen LogP) is 6.97. The van der Waals surface area contributed by atoms with Gasteiger partial charge in [0.25, 0.3) is 11.1 Å². The zero-order chi connectivity index (χ0) is 24.1. The number of halogens is 1. The third-order valence-corrected chi connectivity index (χ3v) is 6.64. The van der Waals surface area contributed by atoms with Gasteiger partial charge in [-0.3, -0.25) is 14.5 Å². The van der Waals surface area contributed by atoms with Gasteiger partial charge in [0, 0.05) is 4.47 Å². The second kappa shape index (κ2) is 10.9. The first-order chi connectivity index (χ1) is 16.4. The van der Waals surface area contributed by atoms with E-state index in [1.54, 1.807) is 6.08 Å². The molecule has 1 saturated heterocycles. The van der Waals surface area contributed by atoms with Crippen molar-refractivity contribution in [2.24, 2.45) is 0 Å². The summed E-state index contributed by atoms with van der Waals surface area (Å²) in [5.41, 5.74) is 3.85. The number of hydrogen-bond acceptors (Lipinski definition) is 5. The number of hydrogen-bond donors (Lipinski definition) is 0. The van der Waals surface area contributed by atoms with Crippen molar-refractivity contribution in [3.8, 4) is 11.5 Å².